The van der Waals surface area contributed by atoms with Crippen molar-refractivity contribution >= 4 is 0 Å². The highest BCUT2D eigenvalue weighted by Gasteiger charge is 2.16. The molecule has 0 spiro atoms. The van der Waals surface area contributed by atoms with Gasteiger partial charge in [-0.05, 0) is 25.7 Å². The number of fused-ring (bicyclic) bond motifs is 1. The van der Waals surface area contributed by atoms with Crippen LogP contribution in [0, 0.1) is 0 Å². The molecule has 1 aliphatic carbocycles. The van der Waals surface area contributed by atoms with Crippen molar-refractivity contribution in [3.05, 3.63) is 23.3 Å². The lowest BCUT2D eigenvalue weighted by atomic mass is 10.1. The second-order valence-corrected chi connectivity index (χ2v) is 3.66. The Morgan fingerprint density at radius 1 is 1.43 bits per heavy atom. The lowest BCUT2D eigenvalue weighted by molar-refractivity contribution is 0.275. The van der Waals surface area contributed by atoms with E-state index in [0.717, 1.165) is 36.3 Å². The van der Waals surface area contributed by atoms with Gasteiger partial charge in [0, 0.05) is 6.61 Å². The highest BCUT2D eigenvalue weighted by Crippen LogP contribution is 2.19. The third kappa shape index (κ3) is 1.76. The van der Waals surface area contributed by atoms with Crippen LogP contribution < -0.4 is 5.73 Å². The van der Waals surface area contributed by atoms with E-state index >= 15 is 0 Å². The molecule has 1 aliphatic rings. The molecule has 76 valence electrons. The average Bonchev–Trinajstić information content (AvgIpc) is 2.64. The van der Waals surface area contributed by atoms with Crippen LogP contribution >= 0.6 is 0 Å². The van der Waals surface area contributed by atoms with Crippen molar-refractivity contribution in [3.8, 4) is 0 Å². The van der Waals surface area contributed by atoms with Crippen LogP contribution in [0.15, 0.2) is 6.20 Å². The Morgan fingerprint density at radius 3 is 3.00 bits per heavy atom. The van der Waals surface area contributed by atoms with E-state index in [1.165, 1.54) is 0 Å². The van der Waals surface area contributed by atoms with Gasteiger partial charge >= 0.3 is 0 Å². The zero-order valence-corrected chi connectivity index (χ0v) is 8.11. The summed E-state index contributed by atoms with van der Waals surface area (Å²) in [5.74, 6) is 0. The van der Waals surface area contributed by atoms with Gasteiger partial charge < -0.3 is 10.8 Å². The highest BCUT2D eigenvalue weighted by atomic mass is 16.3. The number of aliphatic hydroxyl groups is 1. The maximum atomic E-state index is 8.76. The predicted molar refractivity (Wildman–Crippen MR) is 52.7 cm³/mol. The lowest BCUT2D eigenvalue weighted by Crippen LogP contribution is -2.15. The van der Waals surface area contributed by atoms with Gasteiger partial charge in [-0.25, -0.2) is 0 Å². The molecule has 0 bridgehead atoms. The molecule has 0 aromatic carbocycles. The minimum atomic E-state index is -0.182. The smallest absolute Gasteiger partial charge is 0.0758 e. The minimum absolute atomic E-state index is 0.0972. The number of rotatable bonds is 3. The van der Waals surface area contributed by atoms with Crippen LogP contribution in [0.3, 0.4) is 0 Å². The first-order valence-electron chi connectivity index (χ1n) is 5.02. The SMILES string of the molecule is NC(CCO)c1cnc2c(n1)CCC2. The average molecular weight is 193 g/mol. The second kappa shape index (κ2) is 4.02. The van der Waals surface area contributed by atoms with Crippen LogP contribution in [-0.2, 0) is 12.8 Å². The van der Waals surface area contributed by atoms with Gasteiger partial charge in [0.2, 0.25) is 0 Å². The molecule has 1 unspecified atom stereocenters. The predicted octanol–water partition coefficient (Wildman–Crippen LogP) is 0.347. The first kappa shape index (κ1) is 9.55. The van der Waals surface area contributed by atoms with Crippen LogP contribution in [-0.4, -0.2) is 21.7 Å². The monoisotopic (exact) mass is 193 g/mol. The van der Waals surface area contributed by atoms with Gasteiger partial charge in [0.05, 0.1) is 29.3 Å². The summed E-state index contributed by atoms with van der Waals surface area (Å²) < 4.78 is 0. The number of aromatic nitrogens is 2. The number of nitrogens with two attached hydrogens (primary N) is 1. The fourth-order valence-corrected chi connectivity index (χ4v) is 1.77. The molecule has 0 saturated heterocycles. The van der Waals surface area contributed by atoms with Gasteiger partial charge in [0.15, 0.2) is 0 Å². The molecule has 0 radical (unpaired) electrons. The number of hydrogen-bond acceptors (Lipinski definition) is 4. The molecule has 0 amide bonds. The largest absolute Gasteiger partial charge is 0.396 e. The van der Waals surface area contributed by atoms with E-state index in [2.05, 4.69) is 9.97 Å². The van der Waals surface area contributed by atoms with Crippen LogP contribution in [0.2, 0.25) is 0 Å². The van der Waals surface area contributed by atoms with Gasteiger partial charge in [-0.1, -0.05) is 0 Å². The molecule has 0 saturated carbocycles. The summed E-state index contributed by atoms with van der Waals surface area (Å²) in [6.45, 7) is 0.0972. The van der Waals surface area contributed by atoms with Gasteiger partial charge in [-0.3, -0.25) is 9.97 Å². The van der Waals surface area contributed by atoms with Crippen molar-refractivity contribution in [2.45, 2.75) is 31.7 Å². The Morgan fingerprint density at radius 2 is 2.21 bits per heavy atom. The van der Waals surface area contributed by atoms with Crippen LogP contribution in [0.4, 0.5) is 0 Å². The summed E-state index contributed by atoms with van der Waals surface area (Å²) >= 11 is 0. The summed E-state index contributed by atoms with van der Waals surface area (Å²) in [6, 6.07) is -0.182. The molecule has 1 aromatic rings. The van der Waals surface area contributed by atoms with E-state index in [4.69, 9.17) is 10.8 Å². The molecule has 1 heterocycles. The third-order valence-corrected chi connectivity index (χ3v) is 2.60. The van der Waals surface area contributed by atoms with Gasteiger partial charge in [-0.15, -0.1) is 0 Å². The molecular weight excluding hydrogens is 178 g/mol. The minimum Gasteiger partial charge on any atom is -0.396 e. The Balaban J connectivity index is 2.19. The molecule has 1 aromatic heterocycles. The number of hydrogen-bond donors (Lipinski definition) is 2. The Kier molecular flexibility index (Phi) is 2.74. The molecule has 4 heteroatoms. The zero-order chi connectivity index (χ0) is 9.97. The quantitative estimate of drug-likeness (QED) is 0.726. The molecular formula is C10H15N3O. The lowest BCUT2D eigenvalue weighted by Gasteiger charge is -2.09. The van der Waals surface area contributed by atoms with E-state index in [-0.39, 0.29) is 12.6 Å². The topological polar surface area (TPSA) is 72.0 Å². The van der Waals surface area contributed by atoms with Crippen molar-refractivity contribution in [1.82, 2.24) is 9.97 Å². The molecule has 1 atom stereocenters. The van der Waals surface area contributed by atoms with Gasteiger partial charge in [0.1, 0.15) is 0 Å². The normalized spacial score (nSPS) is 16.7. The van der Waals surface area contributed by atoms with Crippen LogP contribution in [0.5, 0.6) is 0 Å². The third-order valence-electron chi connectivity index (χ3n) is 2.60. The van der Waals surface area contributed by atoms with E-state index in [0.29, 0.717) is 6.42 Å². The summed E-state index contributed by atoms with van der Waals surface area (Å²) in [5.41, 5.74) is 8.85. The Labute approximate surface area is 83.2 Å². The molecule has 14 heavy (non-hydrogen) atoms. The molecule has 0 fully saturated rings. The highest BCUT2D eigenvalue weighted by molar-refractivity contribution is 5.20. The van der Waals surface area contributed by atoms with Gasteiger partial charge in [0.25, 0.3) is 0 Å². The van der Waals surface area contributed by atoms with Crippen LogP contribution in [0.1, 0.15) is 36.0 Å². The number of aryl methyl sites for hydroxylation is 2. The molecule has 2 rings (SSSR count). The van der Waals surface area contributed by atoms with E-state index < -0.39 is 0 Å². The Bertz CT molecular complexity index is 327. The van der Waals surface area contributed by atoms with E-state index in [9.17, 15) is 0 Å². The zero-order valence-electron chi connectivity index (χ0n) is 8.11. The van der Waals surface area contributed by atoms with Crippen molar-refractivity contribution in [1.29, 1.82) is 0 Å². The van der Waals surface area contributed by atoms with Crippen molar-refractivity contribution in [2.75, 3.05) is 6.61 Å². The van der Waals surface area contributed by atoms with Crippen LogP contribution in [0.25, 0.3) is 0 Å². The molecule has 0 aliphatic heterocycles. The Hall–Kier alpha value is -1.00. The number of aliphatic hydroxyl groups excluding tert-OH is 1. The summed E-state index contributed by atoms with van der Waals surface area (Å²) in [4.78, 5) is 8.81. The standard InChI is InChI=1S/C10H15N3O/c11-7(4-5-14)10-6-12-8-2-1-3-9(8)13-10/h6-7,14H,1-5,11H2. The maximum Gasteiger partial charge on any atom is 0.0758 e. The molecule has 3 N–H and O–H groups in total. The van der Waals surface area contributed by atoms with Gasteiger partial charge in [-0.2, -0.15) is 0 Å². The van der Waals surface area contributed by atoms with Crippen molar-refractivity contribution in [3.63, 3.8) is 0 Å². The van der Waals surface area contributed by atoms with E-state index in [1.807, 2.05) is 0 Å². The maximum absolute atomic E-state index is 8.76. The summed E-state index contributed by atoms with van der Waals surface area (Å²) in [5, 5.41) is 8.76. The first-order chi connectivity index (χ1) is 6.81. The fourth-order valence-electron chi connectivity index (χ4n) is 1.77. The fraction of sp³-hybridized carbons (Fsp3) is 0.600. The first-order valence-corrected chi connectivity index (χ1v) is 5.02. The summed E-state index contributed by atoms with van der Waals surface area (Å²) in [7, 11) is 0. The van der Waals surface area contributed by atoms with Crippen molar-refractivity contribution < 1.29 is 5.11 Å². The second-order valence-electron chi connectivity index (χ2n) is 3.66. The van der Waals surface area contributed by atoms with Crippen molar-refractivity contribution in [2.24, 2.45) is 5.73 Å². The van der Waals surface area contributed by atoms with E-state index in [1.54, 1.807) is 6.20 Å². The number of nitrogens with zero attached hydrogens (tertiary/aromatic N) is 2. The molecule has 4 nitrogen and oxygen atoms in total. The summed E-state index contributed by atoms with van der Waals surface area (Å²) in [6.07, 6.45) is 5.49.